The number of hydrogen-bond acceptors (Lipinski definition) is 1. The molecule has 0 radical (unpaired) electrons. The Morgan fingerprint density at radius 1 is 0.844 bits per heavy atom. The first kappa shape index (κ1) is 22.4. The van der Waals surface area contributed by atoms with Gasteiger partial charge in [0.05, 0.1) is 5.56 Å². The van der Waals surface area contributed by atoms with Crippen LogP contribution in [0.5, 0.6) is 0 Å². The van der Waals surface area contributed by atoms with Crippen LogP contribution in [0.25, 0.3) is 10.8 Å². The molecule has 0 aliphatic heterocycles. The van der Waals surface area contributed by atoms with Crippen molar-refractivity contribution >= 4 is 10.8 Å². The lowest BCUT2D eigenvalue weighted by Gasteiger charge is -2.28. The number of hydrogen-bond donors (Lipinski definition) is 0. The van der Waals surface area contributed by atoms with Gasteiger partial charge in [-0.1, -0.05) is 24.0 Å². The Morgan fingerprint density at radius 2 is 1.56 bits per heavy atom. The molecule has 0 aromatic heterocycles. The molecule has 0 spiro atoms. The zero-order valence-corrected chi connectivity index (χ0v) is 17.9. The van der Waals surface area contributed by atoms with E-state index in [4.69, 9.17) is 4.74 Å². The topological polar surface area (TPSA) is 9.23 Å². The maximum Gasteiger partial charge on any atom is 0.166 e. The van der Waals surface area contributed by atoms with Crippen LogP contribution in [0.4, 0.5) is 17.6 Å². The normalized spacial score (nSPS) is 18.4. The molecule has 1 fully saturated rings. The molecule has 1 aliphatic rings. The second-order valence-corrected chi connectivity index (χ2v) is 8.41. The van der Waals surface area contributed by atoms with Gasteiger partial charge in [-0.05, 0) is 85.2 Å². The van der Waals surface area contributed by atoms with Crippen LogP contribution in [-0.4, -0.2) is 13.7 Å². The van der Waals surface area contributed by atoms with Crippen LogP contribution in [0.3, 0.4) is 0 Å². The van der Waals surface area contributed by atoms with E-state index in [1.165, 1.54) is 30.3 Å². The molecule has 166 valence electrons. The summed E-state index contributed by atoms with van der Waals surface area (Å²) in [4.78, 5) is 0. The Kier molecular flexibility index (Phi) is 6.81. The van der Waals surface area contributed by atoms with E-state index in [1.54, 1.807) is 13.2 Å². The molecule has 1 nitrogen and oxygen atoms in total. The van der Waals surface area contributed by atoms with Crippen molar-refractivity contribution in [2.24, 2.45) is 5.92 Å². The Labute approximate surface area is 185 Å². The average molecular weight is 440 g/mol. The van der Waals surface area contributed by atoms with Crippen LogP contribution in [0, 0.1) is 41.0 Å². The van der Waals surface area contributed by atoms with E-state index in [0.717, 1.165) is 44.8 Å². The summed E-state index contributed by atoms with van der Waals surface area (Å²) in [6, 6.07) is 9.76. The summed E-state index contributed by atoms with van der Waals surface area (Å²) >= 11 is 0. The van der Waals surface area contributed by atoms with Crippen LogP contribution < -0.4 is 0 Å². The Bertz CT molecular complexity index is 1160. The molecule has 1 saturated carbocycles. The number of fused-ring (bicyclic) bond motifs is 1. The molecule has 32 heavy (non-hydrogen) atoms. The van der Waals surface area contributed by atoms with Crippen molar-refractivity contribution in [3.8, 4) is 11.8 Å². The average Bonchev–Trinajstić information content (AvgIpc) is 2.80. The van der Waals surface area contributed by atoms with Crippen molar-refractivity contribution in [1.82, 2.24) is 0 Å². The van der Waals surface area contributed by atoms with Gasteiger partial charge in [-0.15, -0.1) is 0 Å². The first-order chi connectivity index (χ1) is 15.5. The van der Waals surface area contributed by atoms with E-state index in [1.807, 2.05) is 0 Å². The van der Waals surface area contributed by atoms with Gasteiger partial charge < -0.3 is 4.74 Å². The molecule has 0 heterocycles. The highest BCUT2D eigenvalue weighted by molar-refractivity contribution is 5.84. The van der Waals surface area contributed by atoms with Gasteiger partial charge in [-0.25, -0.2) is 17.6 Å². The third-order valence-electron chi connectivity index (χ3n) is 6.35. The van der Waals surface area contributed by atoms with Crippen molar-refractivity contribution in [3.05, 3.63) is 82.4 Å². The second-order valence-electron chi connectivity index (χ2n) is 8.41. The van der Waals surface area contributed by atoms with Gasteiger partial charge >= 0.3 is 0 Å². The maximum absolute atomic E-state index is 14.7. The fraction of sp³-hybridized carbons (Fsp3) is 0.333. The maximum atomic E-state index is 14.7. The molecule has 5 heteroatoms. The molecule has 0 amide bonds. The SMILES string of the molecule is COCCC1CCC(c2cc(F)c(C#Cc3ccc4c(F)c(F)ccc4c3)c(F)c2)CC1. The standard InChI is InChI=1S/C27H24F4O/c1-32-13-12-17-2-6-19(7-3-17)21-15-25(29)23(26(30)16-21)10-5-18-4-9-22-20(14-18)8-11-24(28)27(22)31/h4,8-9,11,14-17,19H,2-3,6-7,12-13H2,1H3. The second kappa shape index (κ2) is 9.75. The van der Waals surface area contributed by atoms with E-state index >= 15 is 0 Å². The van der Waals surface area contributed by atoms with Gasteiger partial charge in [0.1, 0.15) is 11.6 Å². The van der Waals surface area contributed by atoms with Crippen molar-refractivity contribution in [2.45, 2.75) is 38.0 Å². The molecule has 4 rings (SSSR count). The van der Waals surface area contributed by atoms with E-state index in [-0.39, 0.29) is 16.9 Å². The minimum atomic E-state index is -0.928. The lowest BCUT2D eigenvalue weighted by molar-refractivity contribution is 0.163. The molecular formula is C27H24F4O. The lowest BCUT2D eigenvalue weighted by Crippen LogP contribution is -2.15. The van der Waals surface area contributed by atoms with Gasteiger partial charge in [0, 0.05) is 24.7 Å². The Hall–Kier alpha value is -2.84. The molecule has 1 aliphatic carbocycles. The number of rotatable bonds is 4. The molecule has 0 unspecified atom stereocenters. The zero-order valence-electron chi connectivity index (χ0n) is 17.9. The molecular weight excluding hydrogens is 416 g/mol. The van der Waals surface area contributed by atoms with Crippen molar-refractivity contribution in [2.75, 3.05) is 13.7 Å². The fourth-order valence-corrected chi connectivity index (χ4v) is 4.49. The van der Waals surface area contributed by atoms with Gasteiger partial charge in [0.25, 0.3) is 0 Å². The van der Waals surface area contributed by atoms with Crippen LogP contribution in [0.1, 0.15) is 54.7 Å². The molecule has 0 bridgehead atoms. The number of benzene rings is 3. The summed E-state index contributed by atoms with van der Waals surface area (Å²) in [6.45, 7) is 0.745. The predicted molar refractivity (Wildman–Crippen MR) is 117 cm³/mol. The zero-order chi connectivity index (χ0) is 22.7. The third-order valence-corrected chi connectivity index (χ3v) is 6.35. The number of ether oxygens (including phenoxy) is 1. The number of halogens is 4. The molecule has 0 atom stereocenters. The van der Waals surface area contributed by atoms with Gasteiger partial charge in [-0.2, -0.15) is 0 Å². The fourth-order valence-electron chi connectivity index (χ4n) is 4.49. The lowest BCUT2D eigenvalue weighted by atomic mass is 9.77. The monoisotopic (exact) mass is 440 g/mol. The quantitative estimate of drug-likeness (QED) is 0.310. The van der Waals surface area contributed by atoms with Gasteiger partial charge in [-0.3, -0.25) is 0 Å². The Balaban J connectivity index is 1.52. The van der Waals surface area contributed by atoms with Gasteiger partial charge in [0.15, 0.2) is 11.6 Å². The highest BCUT2D eigenvalue weighted by Gasteiger charge is 2.24. The minimum Gasteiger partial charge on any atom is -0.385 e. The smallest absolute Gasteiger partial charge is 0.166 e. The van der Waals surface area contributed by atoms with E-state index in [9.17, 15) is 17.6 Å². The first-order valence-corrected chi connectivity index (χ1v) is 10.8. The van der Waals surface area contributed by atoms with E-state index < -0.39 is 23.3 Å². The van der Waals surface area contributed by atoms with Crippen LogP contribution in [0.2, 0.25) is 0 Å². The van der Waals surface area contributed by atoms with E-state index in [0.29, 0.717) is 22.4 Å². The van der Waals surface area contributed by atoms with E-state index in [2.05, 4.69) is 11.8 Å². The summed E-state index contributed by atoms with van der Waals surface area (Å²) < 4.78 is 61.8. The minimum absolute atomic E-state index is 0.134. The molecule has 0 N–H and O–H groups in total. The van der Waals surface area contributed by atoms with Crippen LogP contribution in [-0.2, 0) is 4.74 Å². The summed E-state index contributed by atoms with van der Waals surface area (Å²) in [5.74, 6) is 2.85. The van der Waals surface area contributed by atoms with Crippen LogP contribution in [0.15, 0.2) is 42.5 Å². The van der Waals surface area contributed by atoms with Gasteiger partial charge in [0.2, 0.25) is 0 Å². The van der Waals surface area contributed by atoms with Crippen molar-refractivity contribution < 1.29 is 22.3 Å². The molecule has 3 aromatic carbocycles. The first-order valence-electron chi connectivity index (χ1n) is 10.8. The highest BCUT2D eigenvalue weighted by atomic mass is 19.2. The molecule has 0 saturated heterocycles. The number of methoxy groups -OCH3 is 1. The van der Waals surface area contributed by atoms with Crippen LogP contribution >= 0.6 is 0 Å². The third kappa shape index (κ3) is 4.81. The summed E-state index contributed by atoms with van der Waals surface area (Å²) in [6.07, 6.45) is 4.91. The molecule has 3 aromatic rings. The largest absolute Gasteiger partial charge is 0.385 e. The summed E-state index contributed by atoms with van der Waals surface area (Å²) in [7, 11) is 1.70. The summed E-state index contributed by atoms with van der Waals surface area (Å²) in [5, 5.41) is 0.599. The Morgan fingerprint density at radius 3 is 2.25 bits per heavy atom. The predicted octanol–water partition coefficient (Wildman–Crippen LogP) is 7.11. The van der Waals surface area contributed by atoms with Crippen molar-refractivity contribution in [1.29, 1.82) is 0 Å². The van der Waals surface area contributed by atoms with Crippen molar-refractivity contribution in [3.63, 3.8) is 0 Å². The highest BCUT2D eigenvalue weighted by Crippen LogP contribution is 2.38. The summed E-state index contributed by atoms with van der Waals surface area (Å²) in [5.41, 5.74) is 0.854.